The number of aromatic nitrogens is 4. The van der Waals surface area contributed by atoms with Crippen LogP contribution in [0.25, 0.3) is 16.9 Å². The van der Waals surface area contributed by atoms with Crippen LogP contribution in [0.1, 0.15) is 11.3 Å². The molecule has 0 amide bonds. The van der Waals surface area contributed by atoms with E-state index in [0.29, 0.717) is 17.8 Å². The maximum Gasteiger partial charge on any atom is 0.330 e. The van der Waals surface area contributed by atoms with E-state index in [1.54, 1.807) is 6.20 Å². The maximum atomic E-state index is 14.1. The minimum absolute atomic E-state index is 0.139. The summed E-state index contributed by atoms with van der Waals surface area (Å²) in [6.07, 6.45) is 3.24. The number of nitrogens with one attached hydrogen (secondary N) is 3. The first-order chi connectivity index (χ1) is 13.5. The van der Waals surface area contributed by atoms with Crippen molar-refractivity contribution in [3.63, 3.8) is 0 Å². The predicted octanol–water partition coefficient (Wildman–Crippen LogP) is 3.75. The second-order valence-corrected chi connectivity index (χ2v) is 6.38. The second kappa shape index (κ2) is 7.15. The zero-order valence-corrected chi connectivity index (χ0v) is 15.0. The number of hydrogen-bond acceptors (Lipinski definition) is 3. The molecule has 0 saturated heterocycles. The van der Waals surface area contributed by atoms with Crippen molar-refractivity contribution in [2.75, 3.05) is 5.32 Å². The molecule has 4 rings (SSSR count). The molecule has 0 atom stereocenters. The van der Waals surface area contributed by atoms with Crippen molar-refractivity contribution in [2.45, 2.75) is 13.5 Å². The van der Waals surface area contributed by atoms with Crippen LogP contribution in [-0.2, 0) is 6.54 Å². The molecule has 0 aliphatic rings. The average Bonchev–Trinajstić information content (AvgIpc) is 3.26. The van der Waals surface area contributed by atoms with Crippen molar-refractivity contribution >= 4 is 5.69 Å². The average molecular weight is 381 g/mol. The Kier molecular flexibility index (Phi) is 4.52. The maximum absolute atomic E-state index is 14.1. The molecule has 8 heteroatoms. The van der Waals surface area contributed by atoms with Gasteiger partial charge in [-0.05, 0) is 37.3 Å². The molecule has 0 aliphatic heterocycles. The molecule has 0 fully saturated rings. The summed E-state index contributed by atoms with van der Waals surface area (Å²) < 4.78 is 29.7. The van der Waals surface area contributed by atoms with Crippen LogP contribution < -0.4 is 11.0 Å². The fourth-order valence-electron chi connectivity index (χ4n) is 3.07. The highest BCUT2D eigenvalue weighted by Crippen LogP contribution is 2.27. The lowest BCUT2D eigenvalue weighted by molar-refractivity contribution is 0.588. The van der Waals surface area contributed by atoms with Crippen molar-refractivity contribution < 1.29 is 8.78 Å². The molecule has 28 heavy (non-hydrogen) atoms. The van der Waals surface area contributed by atoms with Crippen molar-refractivity contribution in [1.82, 2.24) is 19.7 Å². The summed E-state index contributed by atoms with van der Waals surface area (Å²) in [5, 5.41) is 9.79. The molecule has 2 aromatic carbocycles. The van der Waals surface area contributed by atoms with Gasteiger partial charge in [0, 0.05) is 29.7 Å². The van der Waals surface area contributed by atoms with E-state index in [9.17, 15) is 13.6 Å². The highest BCUT2D eigenvalue weighted by molar-refractivity contribution is 5.65. The van der Waals surface area contributed by atoms with Crippen LogP contribution in [0.2, 0.25) is 0 Å². The zero-order chi connectivity index (χ0) is 19.7. The number of H-pyrrole nitrogens is 2. The molecule has 4 aromatic rings. The number of halogens is 2. The number of benzene rings is 2. The topological polar surface area (TPSA) is 78.5 Å². The summed E-state index contributed by atoms with van der Waals surface area (Å²) in [7, 11) is 0. The molecular weight excluding hydrogens is 364 g/mol. The quantitative estimate of drug-likeness (QED) is 0.493. The first-order valence-electron chi connectivity index (χ1n) is 8.62. The van der Waals surface area contributed by atoms with E-state index < -0.39 is 11.6 Å². The van der Waals surface area contributed by atoms with Gasteiger partial charge in [-0.3, -0.25) is 9.67 Å². The molecule has 0 bridgehead atoms. The van der Waals surface area contributed by atoms with Gasteiger partial charge in [-0.1, -0.05) is 12.1 Å². The van der Waals surface area contributed by atoms with E-state index in [2.05, 4.69) is 20.5 Å². The van der Waals surface area contributed by atoms with Gasteiger partial charge < -0.3 is 10.3 Å². The Hall–Kier alpha value is -3.68. The Balaban J connectivity index is 1.59. The van der Waals surface area contributed by atoms with Gasteiger partial charge in [0.15, 0.2) is 0 Å². The molecule has 0 radical (unpaired) electrons. The third-order valence-corrected chi connectivity index (χ3v) is 4.38. The smallest absolute Gasteiger partial charge is 0.330 e. The Morgan fingerprint density at radius 2 is 1.89 bits per heavy atom. The van der Waals surface area contributed by atoms with Gasteiger partial charge in [0.2, 0.25) is 0 Å². The Morgan fingerprint density at radius 3 is 2.61 bits per heavy atom. The standard InChI is InChI=1S/C20H17F2N5O/c1-12-11-27(20(28)25-12)15-5-2-4-14(8-15)23-9-13-10-24-26-19(13)18-16(21)6-3-7-17(18)22/h2-8,10-11,23H,9H2,1H3,(H,24,26)(H,25,28). The molecule has 2 aromatic heterocycles. The van der Waals surface area contributed by atoms with E-state index in [4.69, 9.17) is 0 Å². The van der Waals surface area contributed by atoms with Crippen LogP contribution in [-0.4, -0.2) is 19.7 Å². The number of hydrogen-bond donors (Lipinski definition) is 3. The minimum Gasteiger partial charge on any atom is -0.381 e. The molecule has 3 N–H and O–H groups in total. The predicted molar refractivity (Wildman–Crippen MR) is 102 cm³/mol. The van der Waals surface area contributed by atoms with Crippen molar-refractivity contribution in [3.05, 3.63) is 88.2 Å². The van der Waals surface area contributed by atoms with Crippen LogP contribution in [0.15, 0.2) is 59.7 Å². The molecule has 2 heterocycles. The summed E-state index contributed by atoms with van der Waals surface area (Å²) in [6.45, 7) is 2.10. The van der Waals surface area contributed by atoms with Crippen molar-refractivity contribution in [1.29, 1.82) is 0 Å². The highest BCUT2D eigenvalue weighted by atomic mass is 19.1. The third-order valence-electron chi connectivity index (χ3n) is 4.38. The fraction of sp³-hybridized carbons (Fsp3) is 0.100. The molecular formula is C20H17F2N5O. The molecule has 0 spiro atoms. The summed E-state index contributed by atoms with van der Waals surface area (Å²) in [6, 6.07) is 11.0. The second-order valence-electron chi connectivity index (χ2n) is 6.38. The summed E-state index contributed by atoms with van der Waals surface area (Å²) >= 11 is 0. The van der Waals surface area contributed by atoms with E-state index in [-0.39, 0.29) is 16.9 Å². The van der Waals surface area contributed by atoms with Gasteiger partial charge in [0.1, 0.15) is 11.6 Å². The molecule has 142 valence electrons. The Bertz CT molecular complexity index is 1170. The number of aromatic amines is 2. The van der Waals surface area contributed by atoms with Gasteiger partial charge in [0.05, 0.1) is 23.1 Å². The lowest BCUT2D eigenvalue weighted by Gasteiger charge is -2.10. The largest absolute Gasteiger partial charge is 0.381 e. The SMILES string of the molecule is Cc1cn(-c2cccc(NCc3cn[nH]c3-c3c(F)cccc3F)c2)c(=O)[nH]1. The lowest BCUT2D eigenvalue weighted by Crippen LogP contribution is -2.14. The lowest BCUT2D eigenvalue weighted by atomic mass is 10.1. The highest BCUT2D eigenvalue weighted by Gasteiger charge is 2.16. The first-order valence-corrected chi connectivity index (χ1v) is 8.62. The number of aryl methyl sites for hydroxylation is 1. The number of anilines is 1. The monoisotopic (exact) mass is 381 g/mol. The Morgan fingerprint density at radius 1 is 1.14 bits per heavy atom. The van der Waals surface area contributed by atoms with Crippen molar-refractivity contribution in [2.24, 2.45) is 0 Å². The van der Waals surface area contributed by atoms with Gasteiger partial charge >= 0.3 is 5.69 Å². The van der Waals surface area contributed by atoms with Gasteiger partial charge in [-0.15, -0.1) is 0 Å². The van der Waals surface area contributed by atoms with E-state index >= 15 is 0 Å². The first kappa shape index (κ1) is 17.7. The number of rotatable bonds is 5. The van der Waals surface area contributed by atoms with Gasteiger partial charge in [-0.25, -0.2) is 13.6 Å². The summed E-state index contributed by atoms with van der Waals surface area (Å²) in [4.78, 5) is 14.7. The third kappa shape index (κ3) is 3.32. The van der Waals surface area contributed by atoms with E-state index in [1.807, 2.05) is 31.2 Å². The van der Waals surface area contributed by atoms with Crippen molar-refractivity contribution in [3.8, 4) is 16.9 Å². The molecule has 0 saturated carbocycles. The van der Waals surface area contributed by atoms with Crippen LogP contribution in [0.3, 0.4) is 0 Å². The minimum atomic E-state index is -0.658. The van der Waals surface area contributed by atoms with Crippen LogP contribution >= 0.6 is 0 Å². The van der Waals surface area contributed by atoms with Crippen LogP contribution in [0.4, 0.5) is 14.5 Å². The van der Waals surface area contributed by atoms with Gasteiger partial charge in [0.25, 0.3) is 0 Å². The van der Waals surface area contributed by atoms with Crippen LogP contribution in [0, 0.1) is 18.6 Å². The fourth-order valence-corrected chi connectivity index (χ4v) is 3.07. The number of nitrogens with zero attached hydrogens (tertiary/aromatic N) is 2. The van der Waals surface area contributed by atoms with Gasteiger partial charge in [-0.2, -0.15) is 5.10 Å². The summed E-state index contributed by atoms with van der Waals surface area (Å²) in [5.41, 5.74) is 2.76. The molecule has 0 aliphatic carbocycles. The van der Waals surface area contributed by atoms with E-state index in [0.717, 1.165) is 11.4 Å². The summed E-state index contributed by atoms with van der Waals surface area (Å²) in [5.74, 6) is -1.32. The zero-order valence-electron chi connectivity index (χ0n) is 15.0. The normalized spacial score (nSPS) is 11.0. The van der Waals surface area contributed by atoms with Crippen LogP contribution in [0.5, 0.6) is 0 Å². The van der Waals surface area contributed by atoms with E-state index in [1.165, 1.54) is 29.0 Å². The Labute approximate surface area is 158 Å². The molecule has 0 unspecified atom stereocenters. The molecule has 6 nitrogen and oxygen atoms in total. The number of imidazole rings is 1.